The molecule has 154 valence electrons. The molecule has 0 bridgehead atoms. The van der Waals surface area contributed by atoms with E-state index >= 15 is 0 Å². The summed E-state index contributed by atoms with van der Waals surface area (Å²) in [7, 11) is 0. The number of aromatic nitrogens is 5. The second kappa shape index (κ2) is 7.23. The highest BCUT2D eigenvalue weighted by Crippen LogP contribution is 2.33. The standard InChI is InChI=1S/C21H18F3N5O/c22-21(23,24)15-6-4-5-13(11-15)19-25-20(30-27-19)14-9-10-18-17(12-14)26-28-29(18)16-7-2-1-3-8-16/h4-6,9-12,16H,1-3,7-8H2. The molecule has 0 radical (unpaired) electrons. The number of hydrogen-bond acceptors (Lipinski definition) is 5. The summed E-state index contributed by atoms with van der Waals surface area (Å²) in [4.78, 5) is 4.28. The van der Waals surface area contributed by atoms with E-state index in [4.69, 9.17) is 4.52 Å². The van der Waals surface area contributed by atoms with E-state index in [9.17, 15) is 13.2 Å². The Morgan fingerprint density at radius 2 is 1.80 bits per heavy atom. The molecule has 2 aromatic heterocycles. The van der Waals surface area contributed by atoms with Gasteiger partial charge in [-0.1, -0.05) is 41.8 Å². The summed E-state index contributed by atoms with van der Waals surface area (Å²) in [5, 5.41) is 12.5. The molecule has 2 aromatic carbocycles. The highest BCUT2D eigenvalue weighted by molar-refractivity contribution is 5.80. The third-order valence-corrected chi connectivity index (χ3v) is 5.51. The topological polar surface area (TPSA) is 69.6 Å². The predicted molar refractivity (Wildman–Crippen MR) is 103 cm³/mol. The number of hydrogen-bond donors (Lipinski definition) is 0. The van der Waals surface area contributed by atoms with Gasteiger partial charge in [0.1, 0.15) is 5.52 Å². The van der Waals surface area contributed by atoms with Gasteiger partial charge in [0.05, 0.1) is 17.1 Å². The maximum absolute atomic E-state index is 13.0. The van der Waals surface area contributed by atoms with Gasteiger partial charge in [0.25, 0.3) is 5.89 Å². The molecule has 30 heavy (non-hydrogen) atoms. The van der Waals surface area contributed by atoms with Crippen LogP contribution in [0.1, 0.15) is 43.7 Å². The van der Waals surface area contributed by atoms with E-state index in [1.54, 1.807) is 0 Å². The molecule has 4 aromatic rings. The van der Waals surface area contributed by atoms with Gasteiger partial charge in [-0.15, -0.1) is 5.10 Å². The van der Waals surface area contributed by atoms with E-state index in [0.29, 0.717) is 11.6 Å². The Hall–Kier alpha value is -3.23. The molecular formula is C21H18F3N5O. The highest BCUT2D eigenvalue weighted by Gasteiger charge is 2.31. The van der Waals surface area contributed by atoms with Crippen molar-refractivity contribution in [1.29, 1.82) is 0 Å². The molecule has 0 atom stereocenters. The Kier molecular flexibility index (Phi) is 4.52. The molecule has 9 heteroatoms. The Morgan fingerprint density at radius 3 is 2.60 bits per heavy atom. The van der Waals surface area contributed by atoms with Crippen LogP contribution in [0.15, 0.2) is 47.0 Å². The van der Waals surface area contributed by atoms with Crippen LogP contribution < -0.4 is 0 Å². The minimum atomic E-state index is -4.43. The first-order valence-electron chi connectivity index (χ1n) is 9.86. The molecule has 1 fully saturated rings. The quantitative estimate of drug-likeness (QED) is 0.433. The van der Waals surface area contributed by atoms with Crippen molar-refractivity contribution in [3.8, 4) is 22.8 Å². The zero-order valence-corrected chi connectivity index (χ0v) is 15.9. The van der Waals surface area contributed by atoms with Crippen LogP contribution in [0, 0.1) is 0 Å². The van der Waals surface area contributed by atoms with Crippen molar-refractivity contribution in [2.45, 2.75) is 44.3 Å². The summed E-state index contributed by atoms with van der Waals surface area (Å²) < 4.78 is 46.2. The van der Waals surface area contributed by atoms with Crippen LogP contribution in [0.25, 0.3) is 33.9 Å². The molecule has 0 spiro atoms. The van der Waals surface area contributed by atoms with Crippen LogP contribution in [0.2, 0.25) is 0 Å². The second-order valence-corrected chi connectivity index (χ2v) is 7.53. The first kappa shape index (κ1) is 18.8. The molecule has 1 aliphatic carbocycles. The zero-order chi connectivity index (χ0) is 20.7. The maximum Gasteiger partial charge on any atom is 0.416 e. The fraction of sp³-hybridized carbons (Fsp3) is 0.333. The van der Waals surface area contributed by atoms with Crippen molar-refractivity contribution < 1.29 is 17.7 Å². The van der Waals surface area contributed by atoms with E-state index < -0.39 is 11.7 Å². The summed E-state index contributed by atoms with van der Waals surface area (Å²) in [6.07, 6.45) is 1.43. The summed E-state index contributed by atoms with van der Waals surface area (Å²) in [6.45, 7) is 0. The molecule has 6 nitrogen and oxygen atoms in total. The number of alkyl halides is 3. The van der Waals surface area contributed by atoms with Crippen molar-refractivity contribution in [3.05, 3.63) is 48.0 Å². The largest absolute Gasteiger partial charge is 0.416 e. The van der Waals surface area contributed by atoms with E-state index in [0.717, 1.165) is 36.0 Å². The first-order valence-corrected chi connectivity index (χ1v) is 9.86. The second-order valence-electron chi connectivity index (χ2n) is 7.53. The average molecular weight is 413 g/mol. The van der Waals surface area contributed by atoms with Crippen molar-refractivity contribution in [2.75, 3.05) is 0 Å². The number of nitrogens with zero attached hydrogens (tertiary/aromatic N) is 5. The van der Waals surface area contributed by atoms with Gasteiger partial charge in [0.15, 0.2) is 0 Å². The fourth-order valence-electron chi connectivity index (χ4n) is 3.96. The lowest BCUT2D eigenvalue weighted by molar-refractivity contribution is -0.137. The summed E-state index contributed by atoms with van der Waals surface area (Å²) in [5.41, 5.74) is 1.79. The fourth-order valence-corrected chi connectivity index (χ4v) is 3.96. The van der Waals surface area contributed by atoms with E-state index in [-0.39, 0.29) is 17.3 Å². The van der Waals surface area contributed by atoms with Crippen molar-refractivity contribution in [2.24, 2.45) is 0 Å². The molecule has 5 rings (SSSR count). The Morgan fingerprint density at radius 1 is 0.967 bits per heavy atom. The first-order chi connectivity index (χ1) is 14.5. The van der Waals surface area contributed by atoms with Crippen LogP contribution in [-0.2, 0) is 6.18 Å². The molecule has 1 saturated carbocycles. The lowest BCUT2D eigenvalue weighted by Crippen LogP contribution is -2.14. The molecule has 0 unspecified atom stereocenters. The highest BCUT2D eigenvalue weighted by atomic mass is 19.4. The summed E-state index contributed by atoms with van der Waals surface area (Å²) >= 11 is 0. The third kappa shape index (κ3) is 3.44. The molecule has 0 aliphatic heterocycles. The SMILES string of the molecule is FC(F)(F)c1cccc(-c2noc(-c3ccc4c(c3)nnn4C3CCCCC3)n2)c1. The molecule has 1 aliphatic rings. The van der Waals surface area contributed by atoms with Gasteiger partial charge in [-0.05, 0) is 43.2 Å². The monoisotopic (exact) mass is 413 g/mol. The average Bonchev–Trinajstić information content (AvgIpc) is 3.41. The van der Waals surface area contributed by atoms with Gasteiger partial charge in [-0.25, -0.2) is 4.68 Å². The molecular weight excluding hydrogens is 395 g/mol. The number of benzene rings is 2. The predicted octanol–water partition coefficient (Wildman–Crippen LogP) is 5.67. The minimum Gasteiger partial charge on any atom is -0.334 e. The van der Waals surface area contributed by atoms with Crippen LogP contribution in [0.3, 0.4) is 0 Å². The van der Waals surface area contributed by atoms with E-state index in [2.05, 4.69) is 20.5 Å². The molecule has 2 heterocycles. The summed E-state index contributed by atoms with van der Waals surface area (Å²) in [5.74, 6) is 0.318. The van der Waals surface area contributed by atoms with Crippen molar-refractivity contribution >= 4 is 11.0 Å². The van der Waals surface area contributed by atoms with E-state index in [1.807, 2.05) is 22.9 Å². The van der Waals surface area contributed by atoms with Gasteiger partial charge < -0.3 is 4.52 Å². The molecule has 0 amide bonds. The smallest absolute Gasteiger partial charge is 0.334 e. The van der Waals surface area contributed by atoms with Gasteiger partial charge in [0.2, 0.25) is 5.82 Å². The molecule has 0 N–H and O–H groups in total. The van der Waals surface area contributed by atoms with Crippen molar-refractivity contribution in [1.82, 2.24) is 25.1 Å². The van der Waals surface area contributed by atoms with Gasteiger partial charge in [-0.3, -0.25) is 0 Å². The van der Waals surface area contributed by atoms with Gasteiger partial charge in [-0.2, -0.15) is 18.2 Å². The number of rotatable bonds is 3. The summed E-state index contributed by atoms with van der Waals surface area (Å²) in [6, 6.07) is 10.8. The minimum absolute atomic E-state index is 0.0991. The normalized spacial score (nSPS) is 15.7. The maximum atomic E-state index is 13.0. The molecule has 0 saturated heterocycles. The van der Waals surface area contributed by atoms with Crippen LogP contribution in [0.4, 0.5) is 13.2 Å². The van der Waals surface area contributed by atoms with Crippen LogP contribution in [-0.4, -0.2) is 25.1 Å². The van der Waals surface area contributed by atoms with Crippen molar-refractivity contribution in [3.63, 3.8) is 0 Å². The number of fused-ring (bicyclic) bond motifs is 1. The lowest BCUT2D eigenvalue weighted by atomic mass is 9.95. The van der Waals surface area contributed by atoms with Gasteiger partial charge in [0, 0.05) is 11.1 Å². The van der Waals surface area contributed by atoms with Crippen LogP contribution in [0.5, 0.6) is 0 Å². The lowest BCUT2D eigenvalue weighted by Gasteiger charge is -2.21. The zero-order valence-electron chi connectivity index (χ0n) is 15.9. The Labute approximate surface area is 169 Å². The van der Waals surface area contributed by atoms with E-state index in [1.165, 1.54) is 31.4 Å². The number of halogens is 3. The Balaban J connectivity index is 1.45. The Bertz CT molecular complexity index is 1190. The van der Waals surface area contributed by atoms with Gasteiger partial charge >= 0.3 is 6.18 Å². The van der Waals surface area contributed by atoms with Crippen LogP contribution >= 0.6 is 0 Å². The third-order valence-electron chi connectivity index (χ3n) is 5.51.